The second-order valence-electron chi connectivity index (χ2n) is 13.0. The quantitative estimate of drug-likeness (QED) is 0.139. The first-order valence-electron chi connectivity index (χ1n) is 15.9. The average Bonchev–Trinajstić information content (AvgIpc) is 3.52. The second kappa shape index (κ2) is 12.1. The fourth-order valence-corrected chi connectivity index (χ4v) is 11.6. The van der Waals surface area contributed by atoms with E-state index < -0.39 is 8.32 Å². The van der Waals surface area contributed by atoms with Gasteiger partial charge in [-0.2, -0.15) is 4.98 Å². The van der Waals surface area contributed by atoms with E-state index in [1.54, 1.807) is 29.2 Å². The number of rotatable bonds is 7. The fourth-order valence-electron chi connectivity index (χ4n) is 6.93. The van der Waals surface area contributed by atoms with Crippen LogP contribution in [0.15, 0.2) is 116 Å². The molecule has 3 N–H and O–H groups in total. The maximum absolute atomic E-state index is 7.62. The van der Waals surface area contributed by atoms with Crippen molar-refractivity contribution in [1.29, 1.82) is 0 Å². The van der Waals surface area contributed by atoms with Crippen molar-refractivity contribution in [3.63, 3.8) is 0 Å². The van der Waals surface area contributed by atoms with Gasteiger partial charge in [-0.1, -0.05) is 112 Å². The highest BCUT2D eigenvalue weighted by molar-refractivity contribution is 6.99. The molecule has 0 spiro atoms. The van der Waals surface area contributed by atoms with Gasteiger partial charge < -0.3 is 15.5 Å². The predicted octanol–water partition coefficient (Wildman–Crippen LogP) is 7.51. The molecule has 6 aromatic rings. The normalized spacial score (nSPS) is 16.4. The zero-order valence-electron chi connectivity index (χ0n) is 26.8. The van der Waals surface area contributed by atoms with Gasteiger partial charge in [-0.05, 0) is 51.5 Å². The Hall–Kier alpha value is -5.30. The van der Waals surface area contributed by atoms with Crippen LogP contribution in [-0.4, -0.2) is 27.8 Å². The van der Waals surface area contributed by atoms with E-state index in [9.17, 15) is 0 Å². The number of imidazole rings is 1. The molecule has 0 radical (unpaired) electrons. The molecular weight excluding hydrogens is 599 g/mol. The molecular formula is C38H37N7OSi. The van der Waals surface area contributed by atoms with Crippen molar-refractivity contribution in [1.82, 2.24) is 19.5 Å². The van der Waals surface area contributed by atoms with Crippen LogP contribution in [0.1, 0.15) is 56.9 Å². The first kappa shape index (κ1) is 30.4. The lowest BCUT2D eigenvalue weighted by Gasteiger charge is -2.46. The van der Waals surface area contributed by atoms with Crippen LogP contribution < -0.4 is 21.4 Å². The molecule has 47 heavy (non-hydrogen) atoms. The van der Waals surface area contributed by atoms with Gasteiger partial charge in [-0.3, -0.25) is 4.57 Å². The van der Waals surface area contributed by atoms with Gasteiger partial charge in [0, 0.05) is 0 Å². The maximum atomic E-state index is 7.62. The van der Waals surface area contributed by atoms with Crippen molar-refractivity contribution in [3.05, 3.63) is 138 Å². The van der Waals surface area contributed by atoms with E-state index in [2.05, 4.69) is 126 Å². The highest BCUT2D eigenvalue weighted by atomic mass is 28.4. The molecule has 0 saturated carbocycles. The van der Waals surface area contributed by atoms with Crippen molar-refractivity contribution >= 4 is 46.9 Å². The van der Waals surface area contributed by atoms with Crippen LogP contribution in [0.2, 0.25) is 5.04 Å². The maximum Gasteiger partial charge on any atom is 0.261 e. The highest BCUT2D eigenvalue weighted by Gasteiger charge is 2.52. The molecule has 1 aliphatic rings. The molecule has 2 heterocycles. The third-order valence-corrected chi connectivity index (χ3v) is 14.2. The Bertz CT molecular complexity index is 2040. The molecule has 0 unspecified atom stereocenters. The van der Waals surface area contributed by atoms with Crippen molar-refractivity contribution in [3.8, 4) is 5.95 Å². The summed E-state index contributed by atoms with van der Waals surface area (Å²) in [7, 11) is -2.77. The topological polar surface area (TPSA) is 95.2 Å². The van der Waals surface area contributed by atoms with Gasteiger partial charge in [0.2, 0.25) is 5.95 Å². The molecule has 0 bridgehead atoms. The number of benzene rings is 4. The van der Waals surface area contributed by atoms with Gasteiger partial charge in [-0.25, -0.2) is 14.8 Å². The minimum Gasteiger partial charge on any atom is -0.400 e. The number of aromatic nitrogens is 4. The number of hydrogen-bond donors (Lipinski definition) is 2. The Morgan fingerprint density at radius 1 is 0.872 bits per heavy atom. The van der Waals surface area contributed by atoms with Crippen LogP contribution in [-0.2, 0) is 4.43 Å². The molecule has 2 aromatic heterocycles. The van der Waals surface area contributed by atoms with Gasteiger partial charge >= 0.3 is 0 Å². The van der Waals surface area contributed by atoms with Gasteiger partial charge in [-0.15, -0.1) is 0 Å². The Balaban J connectivity index is 1.24. The van der Waals surface area contributed by atoms with Gasteiger partial charge in [0.05, 0.1) is 41.6 Å². The number of nitrogen functional groups attached to an aromatic ring is 1. The lowest BCUT2D eigenvalue weighted by atomic mass is 9.86. The molecule has 4 aromatic carbocycles. The molecule has 234 valence electrons. The first-order chi connectivity index (χ1) is 22.8. The van der Waals surface area contributed by atoms with Crippen LogP contribution in [0.5, 0.6) is 0 Å². The van der Waals surface area contributed by atoms with E-state index in [1.807, 2.05) is 6.07 Å². The molecule has 7 rings (SSSR count). The summed E-state index contributed by atoms with van der Waals surface area (Å²) in [6, 6.07) is 35.5. The molecule has 9 heteroatoms. The van der Waals surface area contributed by atoms with E-state index in [4.69, 9.17) is 21.7 Å². The SMILES string of the molecule is [C-]#[N+]c1ccc2ncn(-c3ncc(N)c(N[C@@H]4CC[C@H](O[Si](c5ccccc5)(c5ccccc5)C(C)(C)C)c5ccccc54)n3)c2c1. The standard InChI is InChI=1S/C38H37N7OSi/c1-38(2,3)47(27-13-7-5-8-14-27,28-15-9-6-10-16-28)46-35-22-21-32(29-17-11-12-18-30(29)35)43-36-31(39)24-41-37(44-36)45-25-42-33-20-19-26(40-4)23-34(33)45/h5-20,23-25,32,35H,21-22,39H2,1-3H3,(H,41,43,44)/t32-,35+/m1/s1. The number of nitrogens with two attached hydrogens (primary N) is 1. The summed E-state index contributed by atoms with van der Waals surface area (Å²) >= 11 is 0. The van der Waals surface area contributed by atoms with E-state index >= 15 is 0 Å². The van der Waals surface area contributed by atoms with Gasteiger partial charge in [0.25, 0.3) is 8.32 Å². The summed E-state index contributed by atoms with van der Waals surface area (Å²) in [5.74, 6) is 0.993. The van der Waals surface area contributed by atoms with E-state index in [0.717, 1.165) is 23.9 Å². The van der Waals surface area contributed by atoms with Crippen molar-refractivity contribution in [2.75, 3.05) is 11.1 Å². The number of anilines is 2. The third-order valence-electron chi connectivity index (χ3n) is 9.16. The Labute approximate surface area is 276 Å². The van der Waals surface area contributed by atoms with Crippen molar-refractivity contribution in [2.24, 2.45) is 0 Å². The summed E-state index contributed by atoms with van der Waals surface area (Å²) in [6.45, 7) is 14.4. The van der Waals surface area contributed by atoms with Crippen molar-refractivity contribution < 1.29 is 4.43 Å². The van der Waals surface area contributed by atoms with E-state index in [0.29, 0.717) is 23.1 Å². The van der Waals surface area contributed by atoms with Crippen LogP contribution in [0.3, 0.4) is 0 Å². The van der Waals surface area contributed by atoms with E-state index in [1.165, 1.54) is 21.5 Å². The average molecular weight is 636 g/mol. The summed E-state index contributed by atoms with van der Waals surface area (Å²) in [6.07, 6.45) is 4.89. The smallest absolute Gasteiger partial charge is 0.261 e. The lowest BCUT2D eigenvalue weighted by Crippen LogP contribution is -2.67. The summed E-state index contributed by atoms with van der Waals surface area (Å²) in [5.41, 5.74) is 11.3. The number of nitrogens with zero attached hydrogens (tertiary/aromatic N) is 5. The van der Waals surface area contributed by atoms with E-state index in [-0.39, 0.29) is 17.2 Å². The lowest BCUT2D eigenvalue weighted by molar-refractivity contribution is 0.165. The molecule has 0 aliphatic heterocycles. The van der Waals surface area contributed by atoms with Gasteiger partial charge in [0.15, 0.2) is 11.5 Å². The zero-order chi connectivity index (χ0) is 32.6. The summed E-state index contributed by atoms with van der Waals surface area (Å²) in [4.78, 5) is 17.4. The zero-order valence-corrected chi connectivity index (χ0v) is 27.8. The van der Waals surface area contributed by atoms with Crippen LogP contribution in [0.25, 0.3) is 21.8 Å². The van der Waals surface area contributed by atoms with Crippen LogP contribution >= 0.6 is 0 Å². The predicted molar refractivity (Wildman–Crippen MR) is 191 cm³/mol. The minimum atomic E-state index is -2.77. The molecule has 0 amide bonds. The summed E-state index contributed by atoms with van der Waals surface area (Å²) in [5, 5.41) is 6.07. The molecule has 1 aliphatic carbocycles. The van der Waals surface area contributed by atoms with Crippen LogP contribution in [0.4, 0.5) is 17.2 Å². The molecule has 2 atom stereocenters. The van der Waals surface area contributed by atoms with Gasteiger partial charge in [0.1, 0.15) is 6.33 Å². The summed E-state index contributed by atoms with van der Waals surface area (Å²) < 4.78 is 9.41. The minimum absolute atomic E-state index is 0.0245. The van der Waals surface area contributed by atoms with Crippen LogP contribution in [0, 0.1) is 6.57 Å². The Kier molecular flexibility index (Phi) is 7.84. The third kappa shape index (κ3) is 5.45. The first-order valence-corrected chi connectivity index (χ1v) is 17.8. The number of nitrogens with one attached hydrogen (secondary N) is 1. The molecule has 8 nitrogen and oxygen atoms in total. The molecule has 0 saturated heterocycles. The molecule has 0 fully saturated rings. The number of hydrogen-bond acceptors (Lipinski definition) is 6. The fraction of sp³-hybridized carbons (Fsp3) is 0.211. The highest BCUT2D eigenvalue weighted by Crippen LogP contribution is 2.45. The largest absolute Gasteiger partial charge is 0.400 e. The monoisotopic (exact) mass is 635 g/mol. The number of fused-ring (bicyclic) bond motifs is 2. The van der Waals surface area contributed by atoms with Crippen molar-refractivity contribution in [2.45, 2.75) is 50.8 Å². The second-order valence-corrected chi connectivity index (χ2v) is 17.3. The Morgan fingerprint density at radius 2 is 1.53 bits per heavy atom. The Morgan fingerprint density at radius 3 is 2.19 bits per heavy atom.